The van der Waals surface area contributed by atoms with Crippen LogP contribution in [0.25, 0.3) is 0 Å². The maximum Gasteiger partial charge on any atom is 0.272 e. The number of nitrogens with zero attached hydrogens (tertiary/aromatic N) is 3. The molecule has 142 valence electrons. The van der Waals surface area contributed by atoms with Gasteiger partial charge in [0.05, 0.1) is 26.6 Å². The van der Waals surface area contributed by atoms with Gasteiger partial charge in [-0.3, -0.25) is 19.8 Å². The summed E-state index contributed by atoms with van der Waals surface area (Å²) in [6.45, 7) is 2.65. The van der Waals surface area contributed by atoms with Crippen LogP contribution >= 0.6 is 23.2 Å². The SMILES string of the molecule is O=C(c1ccc([N+](=O)[O-])cc1F)N1CCN(Cc2cccc(Cl)c2Cl)CC1. The second-order valence-corrected chi connectivity index (χ2v) is 6.99. The molecule has 1 heterocycles. The first-order chi connectivity index (χ1) is 12.9. The first-order valence-corrected chi connectivity index (χ1v) is 9.01. The Hall–Kier alpha value is -2.22. The van der Waals surface area contributed by atoms with Gasteiger partial charge in [-0.05, 0) is 17.7 Å². The molecule has 2 aromatic carbocycles. The van der Waals surface area contributed by atoms with E-state index in [0.29, 0.717) is 42.8 Å². The number of hydrogen-bond donors (Lipinski definition) is 0. The van der Waals surface area contributed by atoms with Gasteiger partial charge in [-0.25, -0.2) is 4.39 Å². The minimum absolute atomic E-state index is 0.160. The highest BCUT2D eigenvalue weighted by molar-refractivity contribution is 6.42. The largest absolute Gasteiger partial charge is 0.336 e. The monoisotopic (exact) mass is 411 g/mol. The molecule has 0 aromatic heterocycles. The molecule has 0 aliphatic carbocycles. The zero-order valence-electron chi connectivity index (χ0n) is 14.2. The fourth-order valence-corrected chi connectivity index (χ4v) is 3.36. The number of carbonyl (C=O) groups excluding carboxylic acids is 1. The van der Waals surface area contributed by atoms with Crippen molar-refractivity contribution in [2.45, 2.75) is 6.54 Å². The highest BCUT2D eigenvalue weighted by Gasteiger charge is 2.25. The van der Waals surface area contributed by atoms with Crippen molar-refractivity contribution >= 4 is 34.8 Å². The van der Waals surface area contributed by atoms with Crippen LogP contribution in [-0.4, -0.2) is 46.8 Å². The molecule has 1 amide bonds. The van der Waals surface area contributed by atoms with Gasteiger partial charge in [0, 0.05) is 38.8 Å². The smallest absolute Gasteiger partial charge is 0.272 e. The molecule has 0 unspecified atom stereocenters. The number of carbonyl (C=O) groups is 1. The lowest BCUT2D eigenvalue weighted by Crippen LogP contribution is -2.48. The standard InChI is InChI=1S/C18H16Cl2FN3O3/c19-15-3-1-2-12(17(15)20)11-22-6-8-23(9-7-22)18(25)14-5-4-13(24(26)27)10-16(14)21/h1-5,10H,6-9,11H2. The second-order valence-electron chi connectivity index (χ2n) is 6.20. The summed E-state index contributed by atoms with van der Waals surface area (Å²) >= 11 is 12.2. The maximum atomic E-state index is 14.1. The van der Waals surface area contributed by atoms with Crippen LogP contribution in [0, 0.1) is 15.9 Å². The fourth-order valence-electron chi connectivity index (χ4n) is 2.98. The number of halogens is 3. The van der Waals surface area contributed by atoms with Crippen molar-refractivity contribution < 1.29 is 14.1 Å². The molecule has 1 fully saturated rings. The van der Waals surface area contributed by atoms with Gasteiger partial charge < -0.3 is 4.90 Å². The first-order valence-electron chi connectivity index (χ1n) is 8.25. The second kappa shape index (κ2) is 8.21. The highest BCUT2D eigenvalue weighted by Crippen LogP contribution is 2.27. The van der Waals surface area contributed by atoms with Crippen molar-refractivity contribution in [1.29, 1.82) is 0 Å². The molecular weight excluding hydrogens is 396 g/mol. The average Bonchev–Trinajstić information content (AvgIpc) is 2.65. The molecule has 1 saturated heterocycles. The Morgan fingerprint density at radius 1 is 1.15 bits per heavy atom. The number of benzene rings is 2. The summed E-state index contributed by atoms with van der Waals surface area (Å²) in [5.41, 5.74) is 0.365. The van der Waals surface area contributed by atoms with E-state index >= 15 is 0 Å². The van der Waals surface area contributed by atoms with Crippen LogP contribution in [0.3, 0.4) is 0 Å². The Kier molecular flexibility index (Phi) is 5.94. The van der Waals surface area contributed by atoms with E-state index in [1.165, 1.54) is 0 Å². The molecule has 0 radical (unpaired) electrons. The van der Waals surface area contributed by atoms with Crippen LogP contribution < -0.4 is 0 Å². The van der Waals surface area contributed by atoms with Crippen molar-refractivity contribution in [3.05, 3.63) is 73.5 Å². The molecular formula is C18H16Cl2FN3O3. The molecule has 1 aliphatic heterocycles. The van der Waals surface area contributed by atoms with E-state index < -0.39 is 16.6 Å². The Balaban J connectivity index is 1.63. The molecule has 9 heteroatoms. The fraction of sp³-hybridized carbons (Fsp3) is 0.278. The van der Waals surface area contributed by atoms with Gasteiger partial charge in [-0.1, -0.05) is 35.3 Å². The summed E-state index contributed by atoms with van der Waals surface area (Å²) in [6.07, 6.45) is 0. The molecule has 2 aromatic rings. The van der Waals surface area contributed by atoms with Gasteiger partial charge in [-0.2, -0.15) is 0 Å². The predicted molar refractivity (Wildman–Crippen MR) is 101 cm³/mol. The topological polar surface area (TPSA) is 66.7 Å². The summed E-state index contributed by atoms with van der Waals surface area (Å²) in [6, 6.07) is 8.52. The molecule has 6 nitrogen and oxygen atoms in total. The molecule has 0 spiro atoms. The maximum absolute atomic E-state index is 14.1. The van der Waals surface area contributed by atoms with Gasteiger partial charge >= 0.3 is 0 Å². The minimum Gasteiger partial charge on any atom is -0.336 e. The van der Waals surface area contributed by atoms with E-state index in [9.17, 15) is 19.3 Å². The van der Waals surface area contributed by atoms with Crippen LogP contribution in [0.15, 0.2) is 36.4 Å². The van der Waals surface area contributed by atoms with Gasteiger partial charge in [0.1, 0.15) is 5.82 Å². The van der Waals surface area contributed by atoms with E-state index in [4.69, 9.17) is 23.2 Å². The highest BCUT2D eigenvalue weighted by atomic mass is 35.5. The van der Waals surface area contributed by atoms with Crippen LogP contribution in [-0.2, 0) is 6.54 Å². The summed E-state index contributed by atoms with van der Waals surface area (Å²) in [7, 11) is 0. The lowest BCUT2D eigenvalue weighted by Gasteiger charge is -2.35. The number of non-ortho nitro benzene ring substituents is 1. The van der Waals surface area contributed by atoms with Gasteiger partial charge in [0.15, 0.2) is 0 Å². The Morgan fingerprint density at radius 3 is 2.48 bits per heavy atom. The van der Waals surface area contributed by atoms with Gasteiger partial charge in [-0.15, -0.1) is 0 Å². The van der Waals surface area contributed by atoms with Crippen LogP contribution in [0.4, 0.5) is 10.1 Å². The average molecular weight is 412 g/mol. The van der Waals surface area contributed by atoms with Gasteiger partial charge in [0.25, 0.3) is 11.6 Å². The van der Waals surface area contributed by atoms with Crippen molar-refractivity contribution in [3.63, 3.8) is 0 Å². The third-order valence-corrected chi connectivity index (χ3v) is 5.34. The predicted octanol–water partition coefficient (Wildman–Crippen LogP) is 4.00. The van der Waals surface area contributed by atoms with Gasteiger partial charge in [0.2, 0.25) is 0 Å². The molecule has 27 heavy (non-hydrogen) atoms. The number of piperazine rings is 1. The van der Waals surface area contributed by atoms with E-state index in [1.807, 2.05) is 12.1 Å². The third kappa shape index (κ3) is 4.37. The van der Waals surface area contributed by atoms with Crippen molar-refractivity contribution in [1.82, 2.24) is 9.80 Å². The zero-order valence-corrected chi connectivity index (χ0v) is 15.7. The van der Waals surface area contributed by atoms with Crippen LogP contribution in [0.5, 0.6) is 0 Å². The summed E-state index contributed by atoms with van der Waals surface area (Å²) in [4.78, 5) is 26.2. The number of nitro groups is 1. The van der Waals surface area contributed by atoms with E-state index in [-0.39, 0.29) is 11.3 Å². The molecule has 0 bridgehead atoms. The Labute approximate surface area is 165 Å². The quantitative estimate of drug-likeness (QED) is 0.563. The van der Waals surface area contributed by atoms with E-state index in [1.54, 1.807) is 11.0 Å². The number of amides is 1. The molecule has 0 atom stereocenters. The Bertz CT molecular complexity index is 886. The zero-order chi connectivity index (χ0) is 19.6. The minimum atomic E-state index is -0.887. The third-order valence-electron chi connectivity index (χ3n) is 4.48. The lowest BCUT2D eigenvalue weighted by molar-refractivity contribution is -0.385. The molecule has 1 aliphatic rings. The lowest BCUT2D eigenvalue weighted by atomic mass is 10.1. The summed E-state index contributed by atoms with van der Waals surface area (Å²) in [5.74, 6) is -1.36. The van der Waals surface area contributed by atoms with Crippen LogP contribution in [0.1, 0.15) is 15.9 Å². The van der Waals surface area contributed by atoms with E-state index in [2.05, 4.69) is 4.90 Å². The van der Waals surface area contributed by atoms with Crippen molar-refractivity contribution in [2.24, 2.45) is 0 Å². The normalized spacial score (nSPS) is 15.0. The summed E-state index contributed by atoms with van der Waals surface area (Å²) in [5, 5.41) is 11.7. The molecule has 0 N–H and O–H groups in total. The van der Waals surface area contributed by atoms with E-state index in [0.717, 1.165) is 23.8 Å². The van der Waals surface area contributed by atoms with Crippen LogP contribution in [0.2, 0.25) is 10.0 Å². The number of hydrogen-bond acceptors (Lipinski definition) is 4. The molecule has 3 rings (SSSR count). The first kappa shape index (κ1) is 19.5. The Morgan fingerprint density at radius 2 is 1.85 bits per heavy atom. The number of rotatable bonds is 4. The van der Waals surface area contributed by atoms with Crippen molar-refractivity contribution in [3.8, 4) is 0 Å². The summed E-state index contributed by atoms with van der Waals surface area (Å²) < 4.78 is 14.1. The van der Waals surface area contributed by atoms with Crippen molar-refractivity contribution in [2.75, 3.05) is 26.2 Å². The molecule has 0 saturated carbocycles. The number of nitro benzene ring substituents is 1.